The summed E-state index contributed by atoms with van der Waals surface area (Å²) in [6.07, 6.45) is 0. The Morgan fingerprint density at radius 1 is 1.19 bits per heavy atom. The largest absolute Gasteiger partial charge is 0.490 e. The lowest BCUT2D eigenvalue weighted by atomic mass is 10.2. The standard InChI is InChI=1S/C18H19BrClN5O2/c1-3-26-16-8-13(10-21-18-22-23-24-25(18)2)15(19)9-17(16)27-11-12-5-4-6-14(20)7-12/h4-9H,3,10-11H2,1-2H3,(H,21,22,24). The SMILES string of the molecule is CCOc1cc(CNc2nnnn2C)c(Br)cc1OCc1cccc(Cl)c1. The third-order valence-electron chi connectivity index (χ3n) is 3.75. The van der Waals surface area contributed by atoms with Crippen LogP contribution in [0.4, 0.5) is 5.95 Å². The first-order valence-electron chi connectivity index (χ1n) is 8.35. The van der Waals surface area contributed by atoms with E-state index in [-0.39, 0.29) is 0 Å². The van der Waals surface area contributed by atoms with E-state index in [1.165, 1.54) is 0 Å². The molecule has 0 aliphatic carbocycles. The summed E-state index contributed by atoms with van der Waals surface area (Å²) < 4.78 is 14.2. The van der Waals surface area contributed by atoms with E-state index in [1.807, 2.05) is 43.3 Å². The third-order valence-corrected chi connectivity index (χ3v) is 4.73. The van der Waals surface area contributed by atoms with Crippen molar-refractivity contribution in [1.82, 2.24) is 20.2 Å². The molecule has 1 N–H and O–H groups in total. The van der Waals surface area contributed by atoms with Gasteiger partial charge in [-0.25, -0.2) is 4.68 Å². The fourth-order valence-electron chi connectivity index (χ4n) is 2.44. The van der Waals surface area contributed by atoms with Crippen LogP contribution in [-0.2, 0) is 20.2 Å². The molecule has 3 rings (SSSR count). The van der Waals surface area contributed by atoms with Crippen molar-refractivity contribution < 1.29 is 9.47 Å². The minimum Gasteiger partial charge on any atom is -0.490 e. The predicted octanol–water partition coefficient (Wildman–Crippen LogP) is 4.22. The van der Waals surface area contributed by atoms with E-state index in [2.05, 4.69) is 36.8 Å². The van der Waals surface area contributed by atoms with Gasteiger partial charge >= 0.3 is 0 Å². The van der Waals surface area contributed by atoms with E-state index in [9.17, 15) is 0 Å². The zero-order valence-corrected chi connectivity index (χ0v) is 17.3. The summed E-state index contributed by atoms with van der Waals surface area (Å²) in [6, 6.07) is 11.4. The van der Waals surface area contributed by atoms with Gasteiger partial charge in [0.25, 0.3) is 0 Å². The highest BCUT2D eigenvalue weighted by atomic mass is 79.9. The fourth-order valence-corrected chi connectivity index (χ4v) is 3.11. The van der Waals surface area contributed by atoms with E-state index >= 15 is 0 Å². The highest BCUT2D eigenvalue weighted by Gasteiger charge is 2.12. The number of rotatable bonds is 8. The molecular weight excluding hydrogens is 434 g/mol. The molecule has 1 aromatic heterocycles. The van der Waals surface area contributed by atoms with Crippen LogP contribution in [0.3, 0.4) is 0 Å². The van der Waals surface area contributed by atoms with Gasteiger partial charge in [-0.15, -0.1) is 0 Å². The Hall–Kier alpha value is -2.32. The Labute approximate surface area is 170 Å². The minimum absolute atomic E-state index is 0.398. The van der Waals surface area contributed by atoms with Crippen molar-refractivity contribution in [2.45, 2.75) is 20.1 Å². The van der Waals surface area contributed by atoms with Gasteiger partial charge in [-0.3, -0.25) is 0 Å². The van der Waals surface area contributed by atoms with Crippen LogP contribution in [0.15, 0.2) is 40.9 Å². The van der Waals surface area contributed by atoms with Crippen LogP contribution in [-0.4, -0.2) is 26.8 Å². The number of hydrogen-bond donors (Lipinski definition) is 1. The molecule has 0 spiro atoms. The Morgan fingerprint density at radius 2 is 2.00 bits per heavy atom. The molecule has 0 bridgehead atoms. The van der Waals surface area contributed by atoms with Gasteiger partial charge in [-0.2, -0.15) is 0 Å². The summed E-state index contributed by atoms with van der Waals surface area (Å²) in [7, 11) is 1.77. The number of nitrogens with one attached hydrogen (secondary N) is 1. The topological polar surface area (TPSA) is 74.1 Å². The van der Waals surface area contributed by atoms with Crippen molar-refractivity contribution in [3.63, 3.8) is 0 Å². The van der Waals surface area contributed by atoms with E-state index in [1.54, 1.807) is 11.7 Å². The zero-order valence-electron chi connectivity index (χ0n) is 14.9. The number of nitrogens with zero attached hydrogens (tertiary/aromatic N) is 4. The molecule has 3 aromatic rings. The van der Waals surface area contributed by atoms with Crippen LogP contribution in [0.2, 0.25) is 5.02 Å². The fraction of sp³-hybridized carbons (Fsp3) is 0.278. The van der Waals surface area contributed by atoms with Gasteiger partial charge in [0.2, 0.25) is 5.95 Å². The third kappa shape index (κ3) is 5.11. The Morgan fingerprint density at radius 3 is 2.70 bits per heavy atom. The summed E-state index contributed by atoms with van der Waals surface area (Å²) in [6.45, 7) is 3.40. The molecule has 7 nitrogen and oxygen atoms in total. The lowest BCUT2D eigenvalue weighted by Gasteiger charge is -2.15. The van der Waals surface area contributed by atoms with Crippen LogP contribution < -0.4 is 14.8 Å². The van der Waals surface area contributed by atoms with Crippen LogP contribution in [0, 0.1) is 0 Å². The molecule has 0 aliphatic heterocycles. The second-order valence-corrected chi connectivity index (χ2v) is 7.01. The van der Waals surface area contributed by atoms with Crippen molar-refractivity contribution in [3.05, 3.63) is 57.0 Å². The summed E-state index contributed by atoms with van der Waals surface area (Å²) in [5.74, 6) is 1.92. The Balaban J connectivity index is 1.75. The van der Waals surface area contributed by atoms with Gasteiger partial charge in [0.05, 0.1) is 6.61 Å². The maximum atomic E-state index is 6.03. The number of anilines is 1. The molecule has 1 heterocycles. The van der Waals surface area contributed by atoms with Gasteiger partial charge in [0.1, 0.15) is 6.61 Å². The molecule has 0 atom stereocenters. The van der Waals surface area contributed by atoms with Crippen LogP contribution in [0.1, 0.15) is 18.1 Å². The van der Waals surface area contributed by atoms with Gasteiger partial charge < -0.3 is 14.8 Å². The second-order valence-electron chi connectivity index (χ2n) is 5.72. The lowest BCUT2D eigenvalue weighted by Crippen LogP contribution is -2.07. The average Bonchev–Trinajstić information content (AvgIpc) is 3.05. The number of aromatic nitrogens is 4. The first kappa shape index (κ1) is 19.4. The Kier molecular flexibility index (Phi) is 6.52. The summed E-state index contributed by atoms with van der Waals surface area (Å²) >= 11 is 9.63. The molecule has 0 aliphatic rings. The molecule has 9 heteroatoms. The molecule has 0 saturated carbocycles. The molecule has 0 amide bonds. The molecule has 0 unspecified atom stereocenters. The number of hydrogen-bond acceptors (Lipinski definition) is 6. The van der Waals surface area contributed by atoms with Crippen molar-refractivity contribution in [2.75, 3.05) is 11.9 Å². The average molecular weight is 453 g/mol. The molecular formula is C18H19BrClN5O2. The van der Waals surface area contributed by atoms with E-state index in [0.717, 1.165) is 15.6 Å². The molecule has 0 saturated heterocycles. The quantitative estimate of drug-likeness (QED) is 0.552. The Bertz CT molecular complexity index is 919. The van der Waals surface area contributed by atoms with E-state index in [0.29, 0.717) is 42.2 Å². The van der Waals surface area contributed by atoms with Crippen LogP contribution >= 0.6 is 27.5 Å². The number of benzene rings is 2. The number of halogens is 2. The molecule has 0 radical (unpaired) electrons. The van der Waals surface area contributed by atoms with Gasteiger partial charge in [-0.1, -0.05) is 44.8 Å². The van der Waals surface area contributed by atoms with E-state index in [4.69, 9.17) is 21.1 Å². The monoisotopic (exact) mass is 451 g/mol. The van der Waals surface area contributed by atoms with Crippen LogP contribution in [0.25, 0.3) is 0 Å². The second kappa shape index (κ2) is 9.05. The van der Waals surface area contributed by atoms with Gasteiger partial charge in [0.15, 0.2) is 11.5 Å². The van der Waals surface area contributed by atoms with Crippen molar-refractivity contribution in [3.8, 4) is 11.5 Å². The van der Waals surface area contributed by atoms with Crippen molar-refractivity contribution >= 4 is 33.5 Å². The maximum Gasteiger partial charge on any atom is 0.242 e. The maximum absolute atomic E-state index is 6.03. The summed E-state index contributed by atoms with van der Waals surface area (Å²) in [4.78, 5) is 0. The normalized spacial score (nSPS) is 10.7. The van der Waals surface area contributed by atoms with Gasteiger partial charge in [-0.05, 0) is 52.7 Å². The van der Waals surface area contributed by atoms with E-state index < -0.39 is 0 Å². The summed E-state index contributed by atoms with van der Waals surface area (Å²) in [5, 5.41) is 15.2. The predicted molar refractivity (Wildman–Crippen MR) is 107 cm³/mol. The first-order chi connectivity index (χ1) is 13.1. The lowest BCUT2D eigenvalue weighted by molar-refractivity contribution is 0.269. The van der Waals surface area contributed by atoms with Crippen molar-refractivity contribution in [1.29, 1.82) is 0 Å². The van der Waals surface area contributed by atoms with Gasteiger partial charge in [0, 0.05) is 23.1 Å². The molecule has 2 aromatic carbocycles. The smallest absolute Gasteiger partial charge is 0.242 e. The number of tetrazole rings is 1. The highest BCUT2D eigenvalue weighted by molar-refractivity contribution is 9.10. The molecule has 27 heavy (non-hydrogen) atoms. The first-order valence-corrected chi connectivity index (χ1v) is 9.52. The minimum atomic E-state index is 0.398. The zero-order chi connectivity index (χ0) is 19.2. The number of aryl methyl sites for hydroxylation is 1. The van der Waals surface area contributed by atoms with Crippen LogP contribution in [0.5, 0.6) is 11.5 Å². The van der Waals surface area contributed by atoms with Crippen molar-refractivity contribution in [2.24, 2.45) is 7.05 Å². The highest BCUT2D eigenvalue weighted by Crippen LogP contribution is 2.34. The molecule has 142 valence electrons. The molecule has 0 fully saturated rings. The number of ether oxygens (including phenoxy) is 2. The summed E-state index contributed by atoms with van der Waals surface area (Å²) in [5.41, 5.74) is 1.98.